The van der Waals surface area contributed by atoms with Gasteiger partial charge < -0.3 is 10.1 Å². The molecule has 0 aromatic heterocycles. The molecule has 0 spiro atoms. The first-order chi connectivity index (χ1) is 8.24. The second-order valence-electron chi connectivity index (χ2n) is 4.68. The molecule has 1 aromatic rings. The van der Waals surface area contributed by atoms with Crippen LogP contribution in [0, 0.1) is 11.7 Å². The van der Waals surface area contributed by atoms with E-state index in [-0.39, 0.29) is 11.9 Å². The lowest BCUT2D eigenvalue weighted by Crippen LogP contribution is -2.21. The van der Waals surface area contributed by atoms with Gasteiger partial charge in [0.25, 0.3) is 0 Å². The summed E-state index contributed by atoms with van der Waals surface area (Å²) >= 11 is 0. The van der Waals surface area contributed by atoms with Crippen molar-refractivity contribution >= 4 is 0 Å². The number of nitrogens with one attached hydrogen (secondary N) is 1. The molecule has 1 atom stereocenters. The van der Waals surface area contributed by atoms with Crippen LogP contribution in [0.5, 0.6) is 5.75 Å². The summed E-state index contributed by atoms with van der Waals surface area (Å²) in [4.78, 5) is 0. The van der Waals surface area contributed by atoms with E-state index >= 15 is 0 Å². The SMILES string of the molecule is CCNC(CC1CC1)c1ccc(OC)c(F)c1. The van der Waals surface area contributed by atoms with Crippen LogP contribution in [0.3, 0.4) is 0 Å². The molecule has 0 bridgehead atoms. The van der Waals surface area contributed by atoms with Gasteiger partial charge in [0.1, 0.15) is 0 Å². The highest BCUT2D eigenvalue weighted by Gasteiger charge is 2.26. The van der Waals surface area contributed by atoms with Crippen LogP contribution < -0.4 is 10.1 Å². The maximum Gasteiger partial charge on any atom is 0.165 e. The summed E-state index contributed by atoms with van der Waals surface area (Å²) in [5.41, 5.74) is 1.03. The van der Waals surface area contributed by atoms with Gasteiger partial charge in [-0.1, -0.05) is 25.8 Å². The summed E-state index contributed by atoms with van der Waals surface area (Å²) in [6.07, 6.45) is 3.75. The molecule has 1 aromatic carbocycles. The average Bonchev–Trinajstić information content (AvgIpc) is 3.12. The summed E-state index contributed by atoms with van der Waals surface area (Å²) in [5.74, 6) is 0.864. The minimum absolute atomic E-state index is 0.271. The van der Waals surface area contributed by atoms with Gasteiger partial charge >= 0.3 is 0 Å². The van der Waals surface area contributed by atoms with Crippen LogP contribution in [-0.2, 0) is 0 Å². The summed E-state index contributed by atoms with van der Waals surface area (Å²) in [6.45, 7) is 2.99. The molecular weight excluding hydrogens is 217 g/mol. The first-order valence-electron chi connectivity index (χ1n) is 6.31. The Kier molecular flexibility index (Phi) is 4.00. The van der Waals surface area contributed by atoms with Crippen molar-refractivity contribution in [3.05, 3.63) is 29.6 Å². The highest BCUT2D eigenvalue weighted by atomic mass is 19.1. The summed E-state index contributed by atoms with van der Waals surface area (Å²) < 4.78 is 18.6. The Hall–Kier alpha value is -1.09. The van der Waals surface area contributed by atoms with Gasteiger partial charge in [-0.05, 0) is 36.6 Å². The van der Waals surface area contributed by atoms with Gasteiger partial charge in [-0.25, -0.2) is 4.39 Å². The average molecular weight is 237 g/mol. The fourth-order valence-corrected chi connectivity index (χ4v) is 2.17. The van der Waals surface area contributed by atoms with Crippen molar-refractivity contribution in [3.63, 3.8) is 0 Å². The molecule has 0 aliphatic heterocycles. The monoisotopic (exact) mass is 237 g/mol. The van der Waals surface area contributed by atoms with Crippen molar-refractivity contribution in [2.45, 2.75) is 32.2 Å². The third kappa shape index (κ3) is 3.19. The number of halogens is 1. The van der Waals surface area contributed by atoms with E-state index in [1.807, 2.05) is 6.07 Å². The number of methoxy groups -OCH3 is 1. The van der Waals surface area contributed by atoms with Crippen LogP contribution in [0.1, 0.15) is 37.8 Å². The molecular formula is C14H20FNO. The third-order valence-electron chi connectivity index (χ3n) is 3.29. The molecule has 1 fully saturated rings. The van der Waals surface area contributed by atoms with E-state index in [1.54, 1.807) is 12.1 Å². The van der Waals surface area contributed by atoms with E-state index in [0.717, 1.165) is 24.4 Å². The van der Waals surface area contributed by atoms with Gasteiger partial charge in [0.2, 0.25) is 0 Å². The highest BCUT2D eigenvalue weighted by Crippen LogP contribution is 2.38. The van der Waals surface area contributed by atoms with Crippen LogP contribution in [0.2, 0.25) is 0 Å². The standard InChI is InChI=1S/C14H20FNO/c1-3-16-13(8-10-4-5-10)11-6-7-14(17-2)12(15)9-11/h6-7,9-10,13,16H,3-5,8H2,1-2H3. The molecule has 17 heavy (non-hydrogen) atoms. The van der Waals surface area contributed by atoms with Crippen LogP contribution in [0.25, 0.3) is 0 Å². The Morgan fingerprint density at radius 2 is 2.24 bits per heavy atom. The van der Waals surface area contributed by atoms with Crippen molar-refractivity contribution in [1.82, 2.24) is 5.32 Å². The topological polar surface area (TPSA) is 21.3 Å². The first-order valence-corrected chi connectivity index (χ1v) is 6.31. The molecule has 1 aliphatic carbocycles. The van der Waals surface area contributed by atoms with Gasteiger partial charge in [-0.15, -0.1) is 0 Å². The van der Waals surface area contributed by atoms with E-state index < -0.39 is 0 Å². The van der Waals surface area contributed by atoms with Gasteiger partial charge in [0, 0.05) is 6.04 Å². The number of rotatable bonds is 6. The minimum atomic E-state index is -0.274. The second kappa shape index (κ2) is 5.50. The first kappa shape index (κ1) is 12.4. The van der Waals surface area contributed by atoms with Crippen LogP contribution in [0.15, 0.2) is 18.2 Å². The second-order valence-corrected chi connectivity index (χ2v) is 4.68. The van der Waals surface area contributed by atoms with Crippen molar-refractivity contribution in [2.24, 2.45) is 5.92 Å². The Balaban J connectivity index is 2.13. The molecule has 0 saturated heterocycles. The Labute approximate surface area is 102 Å². The van der Waals surface area contributed by atoms with Crippen molar-refractivity contribution in [3.8, 4) is 5.75 Å². The largest absolute Gasteiger partial charge is 0.494 e. The molecule has 1 saturated carbocycles. The number of hydrogen-bond acceptors (Lipinski definition) is 2. The van der Waals surface area contributed by atoms with Crippen LogP contribution in [0.4, 0.5) is 4.39 Å². The van der Waals surface area contributed by atoms with Crippen molar-refractivity contribution in [2.75, 3.05) is 13.7 Å². The number of benzene rings is 1. The highest BCUT2D eigenvalue weighted by molar-refractivity contribution is 5.31. The van der Waals surface area contributed by atoms with Crippen LogP contribution in [-0.4, -0.2) is 13.7 Å². The number of ether oxygens (including phenoxy) is 1. The Morgan fingerprint density at radius 1 is 1.47 bits per heavy atom. The summed E-state index contributed by atoms with van der Waals surface area (Å²) in [5, 5.41) is 3.43. The molecule has 0 heterocycles. The van der Waals surface area contributed by atoms with Crippen molar-refractivity contribution < 1.29 is 9.13 Å². The van der Waals surface area contributed by atoms with Gasteiger partial charge in [-0.2, -0.15) is 0 Å². The van der Waals surface area contributed by atoms with E-state index in [2.05, 4.69) is 12.2 Å². The normalized spacial score (nSPS) is 16.9. The lowest BCUT2D eigenvalue weighted by Gasteiger charge is -2.18. The lowest BCUT2D eigenvalue weighted by molar-refractivity contribution is 0.385. The van der Waals surface area contributed by atoms with Gasteiger partial charge in [0.15, 0.2) is 11.6 Å². The molecule has 3 heteroatoms. The van der Waals surface area contributed by atoms with Crippen LogP contribution >= 0.6 is 0 Å². The van der Waals surface area contributed by atoms with E-state index in [0.29, 0.717) is 5.75 Å². The molecule has 2 rings (SSSR count). The minimum Gasteiger partial charge on any atom is -0.494 e. The zero-order valence-electron chi connectivity index (χ0n) is 10.5. The third-order valence-corrected chi connectivity index (χ3v) is 3.29. The molecule has 1 aliphatic rings. The molecule has 2 nitrogen and oxygen atoms in total. The molecule has 0 amide bonds. The predicted molar refractivity (Wildman–Crippen MR) is 66.7 cm³/mol. The zero-order valence-corrected chi connectivity index (χ0v) is 10.5. The zero-order chi connectivity index (χ0) is 12.3. The number of hydrogen-bond donors (Lipinski definition) is 1. The summed E-state index contributed by atoms with van der Waals surface area (Å²) in [6, 6.07) is 5.53. The molecule has 94 valence electrons. The lowest BCUT2D eigenvalue weighted by atomic mass is 10.0. The molecule has 1 unspecified atom stereocenters. The quantitative estimate of drug-likeness (QED) is 0.819. The van der Waals surface area contributed by atoms with Gasteiger partial charge in [0.05, 0.1) is 7.11 Å². The Morgan fingerprint density at radius 3 is 2.76 bits per heavy atom. The predicted octanol–water partition coefficient (Wildman–Crippen LogP) is 3.29. The van der Waals surface area contributed by atoms with Gasteiger partial charge in [-0.3, -0.25) is 0 Å². The van der Waals surface area contributed by atoms with E-state index in [1.165, 1.54) is 20.0 Å². The van der Waals surface area contributed by atoms with Crippen molar-refractivity contribution in [1.29, 1.82) is 0 Å². The maximum atomic E-state index is 13.7. The van der Waals surface area contributed by atoms with E-state index in [4.69, 9.17) is 4.74 Å². The molecule has 1 N–H and O–H groups in total. The summed E-state index contributed by atoms with van der Waals surface area (Å²) in [7, 11) is 1.49. The van der Waals surface area contributed by atoms with E-state index in [9.17, 15) is 4.39 Å². The Bertz CT molecular complexity index is 376. The maximum absolute atomic E-state index is 13.7. The molecule has 0 radical (unpaired) electrons. The fourth-order valence-electron chi connectivity index (χ4n) is 2.17. The smallest absolute Gasteiger partial charge is 0.165 e. The fraction of sp³-hybridized carbons (Fsp3) is 0.571.